The van der Waals surface area contributed by atoms with Crippen molar-refractivity contribution in [3.05, 3.63) is 207 Å². The number of nitrogens with zero attached hydrogens (tertiary/aromatic N) is 1. The summed E-state index contributed by atoms with van der Waals surface area (Å²) < 4.78 is 34.7. The van der Waals surface area contributed by atoms with Gasteiger partial charge in [0.2, 0.25) is 0 Å². The summed E-state index contributed by atoms with van der Waals surface area (Å²) in [6.45, 7) is 4.16. The molecule has 2 atom stereocenters. The van der Waals surface area contributed by atoms with Crippen molar-refractivity contribution >= 4 is 19.8 Å². The molecule has 0 radical (unpaired) electrons. The summed E-state index contributed by atoms with van der Waals surface area (Å²) >= 11 is 0. The molecule has 0 rings (SSSR count). The molecule has 0 aromatic rings. The zero-order chi connectivity index (χ0) is 66.9. The van der Waals surface area contributed by atoms with Gasteiger partial charge in [0, 0.05) is 12.8 Å². The van der Waals surface area contributed by atoms with Crippen LogP contribution in [0.5, 0.6) is 0 Å². The first-order chi connectivity index (χ1) is 45.0. The summed E-state index contributed by atoms with van der Waals surface area (Å²) in [4.78, 5) is 35.9. The summed E-state index contributed by atoms with van der Waals surface area (Å²) in [5.74, 6) is -0.834. The Hall–Kier alpha value is -5.41. The first-order valence-corrected chi connectivity index (χ1v) is 37.3. The third kappa shape index (κ3) is 73.6. The number of likely N-dealkylation sites (N-methyl/N-ethyl adjacent to an activating group) is 1. The van der Waals surface area contributed by atoms with Gasteiger partial charge in [0.1, 0.15) is 19.8 Å². The number of phosphoric ester groups is 1. The van der Waals surface area contributed by atoms with Crippen molar-refractivity contribution in [3.8, 4) is 0 Å². The Morgan fingerprint density at radius 1 is 0.337 bits per heavy atom. The fourth-order valence-electron chi connectivity index (χ4n) is 8.91. The number of phosphoric acid groups is 1. The van der Waals surface area contributed by atoms with Crippen LogP contribution in [-0.2, 0) is 32.7 Å². The molecule has 0 amide bonds. The van der Waals surface area contributed by atoms with Crippen LogP contribution in [0.3, 0.4) is 0 Å². The van der Waals surface area contributed by atoms with Crippen molar-refractivity contribution in [3.63, 3.8) is 0 Å². The highest BCUT2D eigenvalue weighted by Gasteiger charge is 2.27. The molecule has 0 aliphatic rings. The molecule has 0 aromatic heterocycles. The maximum absolute atomic E-state index is 12.9. The molecule has 516 valence electrons. The zero-order valence-electron chi connectivity index (χ0n) is 58.7. The molecule has 0 spiro atoms. The monoisotopic (exact) mass is 1290 g/mol. The highest BCUT2D eigenvalue weighted by molar-refractivity contribution is 7.47. The number of carbonyl (C=O) groups excluding carboxylic acids is 2. The molecule has 2 unspecified atom stereocenters. The van der Waals surface area contributed by atoms with Gasteiger partial charge in [-0.15, -0.1) is 0 Å². The molecule has 10 heteroatoms. The largest absolute Gasteiger partial charge is 0.472 e. The van der Waals surface area contributed by atoms with E-state index in [4.69, 9.17) is 18.5 Å². The van der Waals surface area contributed by atoms with Gasteiger partial charge in [-0.2, -0.15) is 0 Å². The third-order valence-electron chi connectivity index (χ3n) is 14.3. The van der Waals surface area contributed by atoms with Crippen molar-refractivity contribution in [2.75, 3.05) is 47.5 Å². The molecule has 1 N–H and O–H groups in total. The number of hydrogen-bond acceptors (Lipinski definition) is 7. The minimum atomic E-state index is -4.41. The van der Waals surface area contributed by atoms with E-state index in [0.29, 0.717) is 17.4 Å². The molecule has 0 fully saturated rings. The Morgan fingerprint density at radius 3 is 0.870 bits per heavy atom. The van der Waals surface area contributed by atoms with E-state index < -0.39 is 26.5 Å². The van der Waals surface area contributed by atoms with Crippen LogP contribution in [-0.4, -0.2) is 74.9 Å². The summed E-state index contributed by atoms with van der Waals surface area (Å²) in [6.07, 6.45) is 111. The summed E-state index contributed by atoms with van der Waals surface area (Å²) in [7, 11) is 1.44. The van der Waals surface area contributed by atoms with Gasteiger partial charge < -0.3 is 18.9 Å². The van der Waals surface area contributed by atoms with Crippen LogP contribution in [0, 0.1) is 0 Å². The molecule has 9 nitrogen and oxygen atoms in total. The smallest absolute Gasteiger partial charge is 0.462 e. The maximum Gasteiger partial charge on any atom is 0.472 e. The van der Waals surface area contributed by atoms with Crippen molar-refractivity contribution in [2.24, 2.45) is 0 Å². The molecule has 0 bridgehead atoms. The molecule has 0 aromatic carbocycles. The summed E-state index contributed by atoms with van der Waals surface area (Å²) in [6, 6.07) is 0. The number of unbranched alkanes of at least 4 members (excludes halogenated alkanes) is 15. The van der Waals surface area contributed by atoms with E-state index >= 15 is 0 Å². The number of hydrogen-bond donors (Lipinski definition) is 1. The normalized spacial score (nSPS) is 14.4. The molecule has 0 aliphatic carbocycles. The second kappa shape index (κ2) is 69.9. The molecule has 0 aliphatic heterocycles. The minimum Gasteiger partial charge on any atom is -0.462 e. The predicted octanol–water partition coefficient (Wildman–Crippen LogP) is 23.8. The van der Waals surface area contributed by atoms with E-state index in [2.05, 4.69) is 220 Å². The van der Waals surface area contributed by atoms with E-state index in [1.54, 1.807) is 0 Å². The van der Waals surface area contributed by atoms with Crippen LogP contribution in [0.2, 0.25) is 0 Å². The van der Waals surface area contributed by atoms with E-state index in [1.807, 2.05) is 21.1 Å². The lowest BCUT2D eigenvalue weighted by molar-refractivity contribution is -0.870. The Labute approximate surface area is 564 Å². The Balaban J connectivity index is 4.17. The summed E-state index contributed by atoms with van der Waals surface area (Å²) in [5, 5.41) is 0. The van der Waals surface area contributed by atoms with Crippen molar-refractivity contribution in [1.29, 1.82) is 0 Å². The first-order valence-electron chi connectivity index (χ1n) is 35.8. The van der Waals surface area contributed by atoms with Gasteiger partial charge in [-0.3, -0.25) is 18.6 Å². The van der Waals surface area contributed by atoms with E-state index in [1.165, 1.54) is 38.5 Å². The van der Waals surface area contributed by atoms with E-state index in [9.17, 15) is 19.0 Å². The Kier molecular flexibility index (Phi) is 65.8. The Bertz CT molecular complexity index is 2310. The Morgan fingerprint density at radius 2 is 0.587 bits per heavy atom. The fourth-order valence-corrected chi connectivity index (χ4v) is 9.65. The van der Waals surface area contributed by atoms with Gasteiger partial charge in [0.15, 0.2) is 6.10 Å². The number of rotatable bonds is 63. The molecule has 92 heavy (non-hydrogen) atoms. The fraction of sp³-hybridized carbons (Fsp3) is 0.561. The lowest BCUT2D eigenvalue weighted by atomic mass is 10.1. The van der Waals surface area contributed by atoms with Crippen LogP contribution in [0.1, 0.15) is 245 Å². The van der Waals surface area contributed by atoms with Gasteiger partial charge in [0.25, 0.3) is 0 Å². The van der Waals surface area contributed by atoms with Crippen LogP contribution in [0.4, 0.5) is 0 Å². The number of ether oxygens (including phenoxy) is 2. The van der Waals surface area contributed by atoms with Crippen molar-refractivity contribution < 1.29 is 42.1 Å². The van der Waals surface area contributed by atoms with Crippen molar-refractivity contribution in [1.82, 2.24) is 0 Å². The van der Waals surface area contributed by atoms with Crippen LogP contribution < -0.4 is 0 Å². The number of allylic oxidation sites excluding steroid dienone is 34. The lowest BCUT2D eigenvalue weighted by Gasteiger charge is -2.24. The third-order valence-corrected chi connectivity index (χ3v) is 15.3. The van der Waals surface area contributed by atoms with E-state index in [-0.39, 0.29) is 32.0 Å². The molecule has 0 saturated carbocycles. The molecule has 0 saturated heterocycles. The van der Waals surface area contributed by atoms with E-state index in [0.717, 1.165) is 173 Å². The average Bonchev–Trinajstić information content (AvgIpc) is 2.23. The summed E-state index contributed by atoms with van der Waals surface area (Å²) in [5.41, 5.74) is 0. The molecular formula is C82H131NO8P+. The minimum absolute atomic E-state index is 0.0164. The number of quaternary nitrogens is 1. The van der Waals surface area contributed by atoms with Crippen LogP contribution in [0.15, 0.2) is 207 Å². The van der Waals surface area contributed by atoms with Gasteiger partial charge in [0.05, 0.1) is 27.7 Å². The standard InChI is InChI=1S/C82H130NO8P/c1-6-8-10-12-14-16-18-20-22-24-26-28-30-32-34-35-36-37-38-39-40-41-42-43-44-45-46-47-49-51-53-55-57-59-61-63-65-67-69-71-73-75-82(85)91-80(79-90-92(86,87)89-77-76-83(3,4)5)78-88-81(84)74-72-70-68-66-64-62-60-58-56-54-52-50-48-33-31-29-27-25-23-21-19-17-15-13-11-9-7-2/h8-11,14-17,20-23,26-29,32-34,36-37,39-40,42-43,45-46,48-49,51-52,54-55,57,80H,6-7,12-13,18-19,24-25,30-31,35,38,41,44,47,50,53,56,58-79H2,1-5H3/p+1/b10-8-,11-9-,16-14-,17-15-,22-20-,23-21-,28-26-,29-27-,34-32-,37-36-,40-39-,43-42-,46-45-,48-33-,51-49-,54-52-,57-55-. The molecule has 0 heterocycles. The SMILES string of the molecule is CC/C=C\C/C=C\C/C=C\C/C=C\C/C=C\C/C=C\C/C=C\C/C=C\C/C=C\C/C=C\C/C=C\CCCCCCCCCC(=O)OC(COC(=O)CCCCCCCCCC/C=C\C/C=C\C/C=C\C/C=C\C/C=C\C/C=C\CC)COP(=O)(O)OCC[N+](C)(C)C. The van der Waals surface area contributed by atoms with Gasteiger partial charge >= 0.3 is 19.8 Å². The number of carbonyl (C=O) groups is 2. The lowest BCUT2D eigenvalue weighted by Crippen LogP contribution is -2.37. The first kappa shape index (κ1) is 86.6. The highest BCUT2D eigenvalue weighted by atomic mass is 31.2. The zero-order valence-corrected chi connectivity index (χ0v) is 59.6. The van der Waals surface area contributed by atoms with Crippen LogP contribution in [0.25, 0.3) is 0 Å². The van der Waals surface area contributed by atoms with Gasteiger partial charge in [-0.05, 0) is 148 Å². The maximum atomic E-state index is 12.9. The highest BCUT2D eigenvalue weighted by Crippen LogP contribution is 2.43. The molecular weight excluding hydrogens is 1160 g/mol. The topological polar surface area (TPSA) is 108 Å². The van der Waals surface area contributed by atoms with Gasteiger partial charge in [-0.25, -0.2) is 4.57 Å². The predicted molar refractivity (Wildman–Crippen MR) is 398 cm³/mol. The second-order valence-electron chi connectivity index (χ2n) is 24.2. The van der Waals surface area contributed by atoms with Gasteiger partial charge in [-0.1, -0.05) is 291 Å². The number of esters is 2. The second-order valence-corrected chi connectivity index (χ2v) is 25.6. The van der Waals surface area contributed by atoms with Crippen molar-refractivity contribution in [2.45, 2.75) is 251 Å². The van der Waals surface area contributed by atoms with Crippen LogP contribution >= 0.6 is 7.82 Å². The average molecular weight is 1290 g/mol. The quantitative estimate of drug-likeness (QED) is 0.0211.